The van der Waals surface area contributed by atoms with Crippen LogP contribution in [0, 0.1) is 0 Å². The number of nitrogens with one attached hydrogen (secondary N) is 1. The maximum Gasteiger partial charge on any atom is 0.387 e. The molecule has 0 saturated heterocycles. The number of ether oxygens (including phenoxy) is 1. The molecular weight excluding hydrogens is 418 g/mol. The zero-order chi connectivity index (χ0) is 18.4. The summed E-state index contributed by atoms with van der Waals surface area (Å²) in [5, 5.41) is 3.19. The summed E-state index contributed by atoms with van der Waals surface area (Å²) in [5.74, 6) is -0.103. The Morgan fingerprint density at radius 3 is 2.56 bits per heavy atom. The van der Waals surface area contributed by atoms with Crippen molar-refractivity contribution in [3.8, 4) is 5.75 Å². The minimum atomic E-state index is -2.84. The second-order valence-electron chi connectivity index (χ2n) is 5.37. The highest BCUT2D eigenvalue weighted by Gasteiger charge is 2.10. The van der Waals surface area contributed by atoms with Crippen LogP contribution in [-0.2, 0) is 11.3 Å². The highest BCUT2D eigenvalue weighted by Crippen LogP contribution is 2.25. The molecule has 0 fully saturated rings. The molecule has 0 atom stereocenters. The first-order valence-electron chi connectivity index (χ1n) is 7.30. The fourth-order valence-electron chi connectivity index (χ4n) is 2.17. The minimum absolute atomic E-state index is 0.101. The summed E-state index contributed by atoms with van der Waals surface area (Å²) in [7, 11) is 1.78. The maximum absolute atomic E-state index is 12.1. The molecule has 1 N–H and O–H groups in total. The number of carbonyl (C=O) groups is 1. The van der Waals surface area contributed by atoms with E-state index in [0.717, 1.165) is 10.0 Å². The Kier molecular flexibility index (Phi) is 7.16. The number of likely N-dealkylation sites (N-methyl/N-ethyl adjacent to an activating group) is 1. The largest absolute Gasteiger partial charge is 0.435 e. The Balaban J connectivity index is 1.86. The number of halogens is 4. The number of rotatable bonds is 7. The van der Waals surface area contributed by atoms with Crippen molar-refractivity contribution in [3.63, 3.8) is 0 Å². The van der Waals surface area contributed by atoms with Gasteiger partial charge in [-0.1, -0.05) is 39.7 Å². The van der Waals surface area contributed by atoms with Crippen molar-refractivity contribution in [2.75, 3.05) is 18.9 Å². The number of benzene rings is 2. The molecule has 0 heterocycles. The second-order valence-corrected chi connectivity index (χ2v) is 6.69. The Bertz CT molecular complexity index is 729. The molecule has 2 aromatic carbocycles. The summed E-state index contributed by atoms with van der Waals surface area (Å²) in [5.41, 5.74) is 1.41. The number of anilines is 1. The highest BCUT2D eigenvalue weighted by atomic mass is 79.9. The topological polar surface area (TPSA) is 41.6 Å². The van der Waals surface area contributed by atoms with Crippen LogP contribution in [0.1, 0.15) is 5.56 Å². The van der Waals surface area contributed by atoms with E-state index in [4.69, 9.17) is 11.6 Å². The molecule has 0 aliphatic heterocycles. The summed E-state index contributed by atoms with van der Waals surface area (Å²) in [6.45, 7) is -2.21. The van der Waals surface area contributed by atoms with Crippen molar-refractivity contribution in [2.45, 2.75) is 13.2 Å². The van der Waals surface area contributed by atoms with Crippen LogP contribution in [0.3, 0.4) is 0 Å². The standard InChI is InChI=1S/C17H16BrClF2N2O2/c1-23(9-11-2-5-13(6-3-11)25-17(20)21)10-16(24)22-15-7-4-12(18)8-14(15)19/h2-8,17H,9-10H2,1H3,(H,22,24). The SMILES string of the molecule is CN(CC(=O)Nc1ccc(Br)cc1Cl)Cc1ccc(OC(F)F)cc1. The molecule has 8 heteroatoms. The monoisotopic (exact) mass is 432 g/mol. The van der Waals surface area contributed by atoms with Crippen molar-refractivity contribution in [1.82, 2.24) is 4.90 Å². The Hall–Kier alpha value is -1.70. The lowest BCUT2D eigenvalue weighted by Gasteiger charge is -2.17. The first kappa shape index (κ1) is 19.6. The minimum Gasteiger partial charge on any atom is -0.435 e. The van der Waals surface area contributed by atoms with E-state index in [1.165, 1.54) is 12.1 Å². The molecule has 1 amide bonds. The van der Waals surface area contributed by atoms with Gasteiger partial charge in [-0.25, -0.2) is 0 Å². The van der Waals surface area contributed by atoms with Gasteiger partial charge in [0.25, 0.3) is 0 Å². The van der Waals surface area contributed by atoms with Crippen molar-refractivity contribution < 1.29 is 18.3 Å². The van der Waals surface area contributed by atoms with E-state index in [9.17, 15) is 13.6 Å². The first-order chi connectivity index (χ1) is 11.8. The zero-order valence-corrected chi connectivity index (χ0v) is 15.7. The van der Waals surface area contributed by atoms with Gasteiger partial charge in [-0.2, -0.15) is 8.78 Å². The average molecular weight is 434 g/mol. The molecule has 0 bridgehead atoms. The molecular formula is C17H16BrClF2N2O2. The molecule has 2 aromatic rings. The number of nitrogens with zero attached hydrogens (tertiary/aromatic N) is 1. The maximum atomic E-state index is 12.1. The normalized spacial score (nSPS) is 11.0. The van der Waals surface area contributed by atoms with E-state index in [1.807, 2.05) is 0 Å². The lowest BCUT2D eigenvalue weighted by atomic mass is 10.2. The number of amides is 1. The first-order valence-corrected chi connectivity index (χ1v) is 8.48. The van der Waals surface area contributed by atoms with Gasteiger partial charge in [0, 0.05) is 11.0 Å². The van der Waals surface area contributed by atoms with Gasteiger partial charge < -0.3 is 10.1 Å². The van der Waals surface area contributed by atoms with Crippen molar-refractivity contribution in [1.29, 1.82) is 0 Å². The van der Waals surface area contributed by atoms with E-state index in [1.54, 1.807) is 42.3 Å². The summed E-state index contributed by atoms with van der Waals surface area (Å²) < 4.78 is 29.4. The smallest absolute Gasteiger partial charge is 0.387 e. The molecule has 2 rings (SSSR count). The van der Waals surface area contributed by atoms with E-state index < -0.39 is 6.61 Å². The second kappa shape index (κ2) is 9.12. The van der Waals surface area contributed by atoms with Crippen molar-refractivity contribution in [3.05, 3.63) is 57.5 Å². The zero-order valence-electron chi connectivity index (χ0n) is 13.3. The lowest BCUT2D eigenvalue weighted by Crippen LogP contribution is -2.29. The van der Waals surface area contributed by atoms with Crippen molar-refractivity contribution in [2.24, 2.45) is 0 Å². The van der Waals surface area contributed by atoms with E-state index >= 15 is 0 Å². The van der Waals surface area contributed by atoms with Crippen LogP contribution in [-0.4, -0.2) is 31.0 Å². The van der Waals surface area contributed by atoms with Crippen LogP contribution in [0.2, 0.25) is 5.02 Å². The van der Waals surface area contributed by atoms with Gasteiger partial charge in [0.15, 0.2) is 0 Å². The Morgan fingerprint density at radius 1 is 1.28 bits per heavy atom. The predicted octanol–water partition coefficient (Wildman–Crippen LogP) is 4.77. The molecule has 0 radical (unpaired) electrons. The molecule has 0 saturated carbocycles. The lowest BCUT2D eigenvalue weighted by molar-refractivity contribution is -0.117. The van der Waals surface area contributed by atoms with Gasteiger partial charge in [0.05, 0.1) is 17.3 Å². The van der Waals surface area contributed by atoms with Crippen LogP contribution >= 0.6 is 27.5 Å². The summed E-state index contributed by atoms with van der Waals surface area (Å²) >= 11 is 9.37. The molecule has 134 valence electrons. The van der Waals surface area contributed by atoms with Crippen LogP contribution < -0.4 is 10.1 Å². The molecule has 0 unspecified atom stereocenters. The van der Waals surface area contributed by atoms with Crippen LogP contribution in [0.25, 0.3) is 0 Å². The summed E-state index contributed by atoms with van der Waals surface area (Å²) in [6.07, 6.45) is 0. The van der Waals surface area contributed by atoms with Crippen LogP contribution in [0.5, 0.6) is 5.75 Å². The van der Waals surface area contributed by atoms with Crippen LogP contribution in [0.15, 0.2) is 46.9 Å². The third kappa shape index (κ3) is 6.61. The Labute approximate surface area is 157 Å². The van der Waals surface area contributed by atoms with Crippen LogP contribution in [0.4, 0.5) is 14.5 Å². The third-order valence-electron chi connectivity index (χ3n) is 3.22. The van der Waals surface area contributed by atoms with Gasteiger partial charge in [-0.15, -0.1) is 0 Å². The quantitative estimate of drug-likeness (QED) is 0.684. The van der Waals surface area contributed by atoms with E-state index in [-0.39, 0.29) is 18.2 Å². The molecule has 0 spiro atoms. The molecule has 0 aliphatic rings. The Morgan fingerprint density at radius 2 is 1.96 bits per heavy atom. The molecule has 0 aromatic heterocycles. The summed E-state index contributed by atoms with van der Waals surface area (Å²) in [4.78, 5) is 13.9. The fourth-order valence-corrected chi connectivity index (χ4v) is 2.89. The van der Waals surface area contributed by atoms with Gasteiger partial charge in [0.2, 0.25) is 5.91 Å². The van der Waals surface area contributed by atoms with E-state index in [2.05, 4.69) is 26.0 Å². The molecule has 0 aliphatic carbocycles. The highest BCUT2D eigenvalue weighted by molar-refractivity contribution is 9.10. The van der Waals surface area contributed by atoms with E-state index in [0.29, 0.717) is 17.3 Å². The van der Waals surface area contributed by atoms with Gasteiger partial charge in [-0.3, -0.25) is 9.69 Å². The van der Waals surface area contributed by atoms with Gasteiger partial charge in [-0.05, 0) is 42.9 Å². The predicted molar refractivity (Wildman–Crippen MR) is 97.2 cm³/mol. The summed E-state index contributed by atoms with van der Waals surface area (Å²) in [6, 6.07) is 11.5. The van der Waals surface area contributed by atoms with Gasteiger partial charge in [0.1, 0.15) is 5.75 Å². The van der Waals surface area contributed by atoms with Crippen molar-refractivity contribution >= 4 is 39.1 Å². The number of alkyl halides is 2. The molecule has 25 heavy (non-hydrogen) atoms. The number of hydrogen-bond donors (Lipinski definition) is 1. The van der Waals surface area contributed by atoms with Gasteiger partial charge >= 0.3 is 6.61 Å². The third-order valence-corrected chi connectivity index (χ3v) is 4.03. The molecule has 4 nitrogen and oxygen atoms in total. The average Bonchev–Trinajstić information content (AvgIpc) is 2.51. The number of carbonyl (C=O) groups excluding carboxylic acids is 1. The fraction of sp³-hybridized carbons (Fsp3) is 0.235. The number of hydrogen-bond acceptors (Lipinski definition) is 3.